The van der Waals surface area contributed by atoms with E-state index in [4.69, 9.17) is 0 Å². The lowest BCUT2D eigenvalue weighted by Gasteiger charge is -2.34. The van der Waals surface area contributed by atoms with E-state index in [1.165, 1.54) is 5.70 Å². The zero-order valence-electron chi connectivity index (χ0n) is 5.10. The standard InChI is InChI=1S/C6H11N/c1-5-4-6(2)7(5)3/h4-5H,1-3H3. The third-order valence-corrected chi connectivity index (χ3v) is 1.65. The number of likely N-dealkylation sites (N-methyl/N-ethyl adjacent to an activating group) is 1. The van der Waals surface area contributed by atoms with Gasteiger partial charge in [0.15, 0.2) is 0 Å². The van der Waals surface area contributed by atoms with E-state index >= 15 is 0 Å². The van der Waals surface area contributed by atoms with Crippen LogP contribution in [0.15, 0.2) is 11.8 Å². The SMILES string of the molecule is CC1=CC(C)N1C. The van der Waals surface area contributed by atoms with Gasteiger partial charge in [-0.05, 0) is 19.9 Å². The van der Waals surface area contributed by atoms with E-state index in [1.54, 1.807) is 0 Å². The summed E-state index contributed by atoms with van der Waals surface area (Å²) in [6.07, 6.45) is 2.25. The minimum atomic E-state index is 0.681. The van der Waals surface area contributed by atoms with Crippen molar-refractivity contribution >= 4 is 0 Å². The summed E-state index contributed by atoms with van der Waals surface area (Å²) in [5.74, 6) is 0. The first kappa shape index (κ1) is 4.69. The Hall–Kier alpha value is -0.460. The second-order valence-corrected chi connectivity index (χ2v) is 2.16. The van der Waals surface area contributed by atoms with Gasteiger partial charge in [0.1, 0.15) is 0 Å². The number of rotatable bonds is 0. The van der Waals surface area contributed by atoms with Gasteiger partial charge in [-0.25, -0.2) is 0 Å². The molecule has 0 saturated heterocycles. The summed E-state index contributed by atoms with van der Waals surface area (Å²) in [6, 6.07) is 0.681. The highest BCUT2D eigenvalue weighted by Crippen LogP contribution is 2.17. The van der Waals surface area contributed by atoms with Crippen LogP contribution < -0.4 is 0 Å². The second kappa shape index (κ2) is 1.25. The topological polar surface area (TPSA) is 3.24 Å². The summed E-state index contributed by atoms with van der Waals surface area (Å²) < 4.78 is 0. The zero-order chi connectivity index (χ0) is 5.44. The van der Waals surface area contributed by atoms with E-state index in [9.17, 15) is 0 Å². The Morgan fingerprint density at radius 2 is 2.29 bits per heavy atom. The van der Waals surface area contributed by atoms with Crippen LogP contribution in [-0.4, -0.2) is 18.0 Å². The van der Waals surface area contributed by atoms with Crippen LogP contribution >= 0.6 is 0 Å². The van der Waals surface area contributed by atoms with Crippen LogP contribution in [0.4, 0.5) is 0 Å². The molecule has 0 aliphatic carbocycles. The third-order valence-electron chi connectivity index (χ3n) is 1.65. The van der Waals surface area contributed by atoms with Crippen LogP contribution in [0.5, 0.6) is 0 Å². The van der Waals surface area contributed by atoms with Gasteiger partial charge in [0.25, 0.3) is 0 Å². The number of hydrogen-bond acceptors (Lipinski definition) is 1. The minimum Gasteiger partial charge on any atom is -0.372 e. The van der Waals surface area contributed by atoms with Crippen molar-refractivity contribution in [3.05, 3.63) is 11.8 Å². The lowest BCUT2D eigenvalue weighted by molar-refractivity contribution is 0.318. The van der Waals surface area contributed by atoms with Crippen molar-refractivity contribution in [3.63, 3.8) is 0 Å². The molecule has 0 radical (unpaired) electrons. The predicted octanol–water partition coefficient (Wildman–Crippen LogP) is 1.22. The molecule has 40 valence electrons. The quantitative estimate of drug-likeness (QED) is 0.439. The monoisotopic (exact) mass is 97.1 g/mol. The Bertz CT molecular complexity index is 105. The van der Waals surface area contributed by atoms with Gasteiger partial charge in [0.2, 0.25) is 0 Å². The molecular weight excluding hydrogens is 86.1 g/mol. The highest BCUT2D eigenvalue weighted by Gasteiger charge is 2.14. The maximum atomic E-state index is 2.25. The Morgan fingerprint density at radius 3 is 2.29 bits per heavy atom. The van der Waals surface area contributed by atoms with Crippen LogP contribution in [0.25, 0.3) is 0 Å². The average molecular weight is 97.2 g/mol. The van der Waals surface area contributed by atoms with Crippen molar-refractivity contribution in [2.24, 2.45) is 0 Å². The van der Waals surface area contributed by atoms with Gasteiger partial charge in [-0.1, -0.05) is 0 Å². The van der Waals surface area contributed by atoms with Crippen LogP contribution in [0.1, 0.15) is 13.8 Å². The number of allylic oxidation sites excluding steroid dienone is 1. The summed E-state index contributed by atoms with van der Waals surface area (Å²) in [5, 5.41) is 0. The van der Waals surface area contributed by atoms with Gasteiger partial charge in [-0.15, -0.1) is 0 Å². The van der Waals surface area contributed by atoms with E-state index < -0.39 is 0 Å². The number of hydrogen-bond donors (Lipinski definition) is 0. The summed E-state index contributed by atoms with van der Waals surface area (Å²) in [7, 11) is 2.11. The van der Waals surface area contributed by atoms with Gasteiger partial charge < -0.3 is 4.90 Å². The molecule has 0 aromatic heterocycles. The molecule has 1 nitrogen and oxygen atoms in total. The van der Waals surface area contributed by atoms with Crippen LogP contribution in [-0.2, 0) is 0 Å². The molecule has 1 aliphatic heterocycles. The van der Waals surface area contributed by atoms with Gasteiger partial charge in [0.05, 0.1) is 0 Å². The van der Waals surface area contributed by atoms with Crippen molar-refractivity contribution in [2.75, 3.05) is 7.05 Å². The zero-order valence-corrected chi connectivity index (χ0v) is 5.10. The van der Waals surface area contributed by atoms with Crippen molar-refractivity contribution in [1.29, 1.82) is 0 Å². The van der Waals surface area contributed by atoms with Gasteiger partial charge in [-0.3, -0.25) is 0 Å². The van der Waals surface area contributed by atoms with E-state index in [2.05, 4.69) is 31.9 Å². The molecule has 1 heteroatoms. The first-order valence-electron chi connectivity index (χ1n) is 2.63. The van der Waals surface area contributed by atoms with Crippen LogP contribution in [0, 0.1) is 0 Å². The first-order valence-corrected chi connectivity index (χ1v) is 2.63. The summed E-state index contributed by atoms with van der Waals surface area (Å²) in [6.45, 7) is 4.31. The molecule has 7 heavy (non-hydrogen) atoms. The molecule has 0 spiro atoms. The largest absolute Gasteiger partial charge is 0.372 e. The molecule has 0 saturated carbocycles. The molecule has 0 fully saturated rings. The fraction of sp³-hybridized carbons (Fsp3) is 0.667. The van der Waals surface area contributed by atoms with Crippen LogP contribution in [0.2, 0.25) is 0 Å². The fourth-order valence-electron chi connectivity index (χ4n) is 0.818. The van der Waals surface area contributed by atoms with E-state index in [0.717, 1.165) is 0 Å². The highest BCUT2D eigenvalue weighted by atomic mass is 15.2. The second-order valence-electron chi connectivity index (χ2n) is 2.16. The Labute approximate surface area is 44.6 Å². The first-order chi connectivity index (χ1) is 3.22. The Morgan fingerprint density at radius 1 is 1.71 bits per heavy atom. The van der Waals surface area contributed by atoms with Crippen molar-refractivity contribution < 1.29 is 0 Å². The van der Waals surface area contributed by atoms with E-state index in [1.807, 2.05) is 0 Å². The van der Waals surface area contributed by atoms with Gasteiger partial charge >= 0.3 is 0 Å². The average Bonchev–Trinajstić information content (AvgIpc) is 1.68. The normalized spacial score (nSPS) is 29.3. The molecule has 0 bridgehead atoms. The summed E-state index contributed by atoms with van der Waals surface area (Å²) in [4.78, 5) is 2.25. The molecule has 1 unspecified atom stereocenters. The summed E-state index contributed by atoms with van der Waals surface area (Å²) >= 11 is 0. The van der Waals surface area contributed by atoms with Crippen molar-refractivity contribution in [3.8, 4) is 0 Å². The maximum absolute atomic E-state index is 2.25. The molecular formula is C6H11N. The molecule has 1 atom stereocenters. The Kier molecular flexibility index (Phi) is 0.841. The van der Waals surface area contributed by atoms with Crippen molar-refractivity contribution in [2.45, 2.75) is 19.9 Å². The highest BCUT2D eigenvalue weighted by molar-refractivity contribution is 5.14. The van der Waals surface area contributed by atoms with E-state index in [-0.39, 0.29) is 0 Å². The van der Waals surface area contributed by atoms with E-state index in [0.29, 0.717) is 6.04 Å². The number of nitrogens with zero attached hydrogens (tertiary/aromatic N) is 1. The molecule has 1 aliphatic rings. The smallest absolute Gasteiger partial charge is 0.0457 e. The molecule has 1 heterocycles. The molecule has 0 N–H and O–H groups in total. The summed E-state index contributed by atoms with van der Waals surface area (Å²) in [5.41, 5.74) is 1.40. The van der Waals surface area contributed by atoms with Crippen LogP contribution in [0.3, 0.4) is 0 Å². The molecule has 0 aromatic carbocycles. The minimum absolute atomic E-state index is 0.681. The predicted molar refractivity (Wildman–Crippen MR) is 31.0 cm³/mol. The maximum Gasteiger partial charge on any atom is 0.0457 e. The lowest BCUT2D eigenvalue weighted by Crippen LogP contribution is -2.34. The molecule has 1 rings (SSSR count). The Balaban J connectivity index is 2.57. The van der Waals surface area contributed by atoms with Crippen molar-refractivity contribution in [1.82, 2.24) is 4.90 Å². The lowest BCUT2D eigenvalue weighted by atomic mass is 10.1. The van der Waals surface area contributed by atoms with Gasteiger partial charge in [0, 0.05) is 18.8 Å². The third kappa shape index (κ3) is 0.521. The fourth-order valence-corrected chi connectivity index (χ4v) is 0.818. The molecule has 0 amide bonds. The van der Waals surface area contributed by atoms with Gasteiger partial charge in [-0.2, -0.15) is 0 Å². The molecule has 0 aromatic rings.